The lowest BCUT2D eigenvalue weighted by Gasteiger charge is -2.05. The van der Waals surface area contributed by atoms with Crippen molar-refractivity contribution >= 4 is 29.3 Å². The van der Waals surface area contributed by atoms with Gasteiger partial charge >= 0.3 is 11.7 Å². The molecule has 0 atom stereocenters. The Bertz CT molecular complexity index is 877. The van der Waals surface area contributed by atoms with Crippen LogP contribution in [0.2, 0.25) is 5.15 Å². The van der Waals surface area contributed by atoms with Gasteiger partial charge in [-0.3, -0.25) is 14.8 Å². The lowest BCUT2D eigenvalue weighted by Crippen LogP contribution is -2.06. The van der Waals surface area contributed by atoms with Crippen LogP contribution in [-0.4, -0.2) is 20.7 Å². The summed E-state index contributed by atoms with van der Waals surface area (Å²) in [6.07, 6.45) is 2.47. The van der Waals surface area contributed by atoms with Gasteiger partial charge in [-0.15, -0.1) is 0 Å². The number of nitrogens with zero attached hydrogens (tertiary/aromatic N) is 3. The zero-order valence-electron chi connectivity index (χ0n) is 14.4. The molecule has 9 heteroatoms. The molecule has 0 saturated carbocycles. The summed E-state index contributed by atoms with van der Waals surface area (Å²) < 4.78 is 19.8. The molecule has 0 amide bonds. The normalized spacial score (nSPS) is 11.3. The van der Waals surface area contributed by atoms with Crippen LogP contribution in [0.25, 0.3) is 6.08 Å². The summed E-state index contributed by atoms with van der Waals surface area (Å²) in [5.74, 6) is -1.79. The highest BCUT2D eigenvalue weighted by molar-refractivity contribution is 6.31. The first kappa shape index (κ1) is 19.6. The Morgan fingerprint density at radius 1 is 1.50 bits per heavy atom. The number of carbonyl (C=O) groups is 1. The van der Waals surface area contributed by atoms with Gasteiger partial charge in [0.2, 0.25) is 5.75 Å². The van der Waals surface area contributed by atoms with Crippen molar-refractivity contribution in [2.45, 2.75) is 27.3 Å². The number of esters is 1. The van der Waals surface area contributed by atoms with Crippen molar-refractivity contribution in [3.63, 3.8) is 0 Å². The molecule has 0 aliphatic heterocycles. The van der Waals surface area contributed by atoms with Crippen LogP contribution in [0, 0.1) is 28.8 Å². The Hall–Kier alpha value is -2.74. The average Bonchev–Trinajstić information content (AvgIpc) is 2.78. The maximum atomic E-state index is 13.3. The number of aryl methyl sites for hydroxylation is 1. The maximum Gasteiger partial charge on any atom is 0.336 e. The molecule has 2 aromatic rings. The maximum absolute atomic E-state index is 13.3. The lowest BCUT2D eigenvalue weighted by atomic mass is 10.2. The van der Waals surface area contributed by atoms with Gasteiger partial charge in [0.1, 0.15) is 11.0 Å². The highest BCUT2D eigenvalue weighted by Crippen LogP contribution is 2.28. The van der Waals surface area contributed by atoms with Gasteiger partial charge in [-0.05, 0) is 25.0 Å². The minimum Gasteiger partial charge on any atom is -0.416 e. The number of carbonyl (C=O) groups excluding carboxylic acids is 1. The van der Waals surface area contributed by atoms with Crippen molar-refractivity contribution in [1.29, 1.82) is 0 Å². The SMILES string of the molecule is Cc1nn(CC(C)C)c(Cl)c1/C=C/C(=O)Oc1cc(F)ccc1[N+](=O)[O-]. The number of halogens is 2. The van der Waals surface area contributed by atoms with Crippen LogP contribution in [-0.2, 0) is 11.3 Å². The second-order valence-corrected chi connectivity index (χ2v) is 6.35. The van der Waals surface area contributed by atoms with E-state index in [4.69, 9.17) is 16.3 Å². The average molecular weight is 382 g/mol. The molecule has 7 nitrogen and oxygen atoms in total. The van der Waals surface area contributed by atoms with Crippen molar-refractivity contribution in [2.24, 2.45) is 5.92 Å². The summed E-state index contributed by atoms with van der Waals surface area (Å²) in [4.78, 5) is 22.1. The van der Waals surface area contributed by atoms with Crippen molar-refractivity contribution in [3.8, 4) is 5.75 Å². The second kappa shape index (κ2) is 8.09. The van der Waals surface area contributed by atoms with Crippen LogP contribution in [0.15, 0.2) is 24.3 Å². The molecule has 0 spiro atoms. The van der Waals surface area contributed by atoms with Gasteiger partial charge < -0.3 is 4.74 Å². The largest absolute Gasteiger partial charge is 0.416 e. The quantitative estimate of drug-likeness (QED) is 0.246. The van der Waals surface area contributed by atoms with Crippen LogP contribution < -0.4 is 4.74 Å². The number of hydrogen-bond donors (Lipinski definition) is 0. The van der Waals surface area contributed by atoms with Crippen LogP contribution in [0.1, 0.15) is 25.1 Å². The van der Waals surface area contributed by atoms with E-state index in [2.05, 4.69) is 5.10 Å². The fourth-order valence-electron chi connectivity index (χ4n) is 2.24. The molecular weight excluding hydrogens is 365 g/mol. The highest BCUT2D eigenvalue weighted by atomic mass is 35.5. The van der Waals surface area contributed by atoms with E-state index in [1.54, 1.807) is 11.6 Å². The summed E-state index contributed by atoms with van der Waals surface area (Å²) in [6.45, 7) is 6.40. The van der Waals surface area contributed by atoms with E-state index >= 15 is 0 Å². The molecule has 2 rings (SSSR count). The first-order valence-electron chi connectivity index (χ1n) is 7.75. The van der Waals surface area contributed by atoms with Gasteiger partial charge in [-0.2, -0.15) is 5.10 Å². The third kappa shape index (κ3) is 4.66. The molecular formula is C17H17ClFN3O4. The van der Waals surface area contributed by atoms with E-state index in [0.717, 1.165) is 24.3 Å². The van der Waals surface area contributed by atoms with E-state index in [1.165, 1.54) is 6.08 Å². The van der Waals surface area contributed by atoms with Crippen LogP contribution in [0.3, 0.4) is 0 Å². The molecule has 0 aliphatic rings. The topological polar surface area (TPSA) is 87.3 Å². The zero-order chi connectivity index (χ0) is 19.4. The molecule has 0 fully saturated rings. The fourth-order valence-corrected chi connectivity index (χ4v) is 2.54. The number of hydrogen-bond acceptors (Lipinski definition) is 5. The van der Waals surface area contributed by atoms with Crippen LogP contribution in [0.5, 0.6) is 5.75 Å². The van der Waals surface area contributed by atoms with Crippen LogP contribution >= 0.6 is 11.6 Å². The monoisotopic (exact) mass is 381 g/mol. The molecule has 0 unspecified atom stereocenters. The van der Waals surface area contributed by atoms with Crippen molar-refractivity contribution < 1.29 is 18.8 Å². The van der Waals surface area contributed by atoms with Crippen molar-refractivity contribution in [1.82, 2.24) is 9.78 Å². The molecule has 1 aromatic carbocycles. The number of ether oxygens (including phenoxy) is 1. The zero-order valence-corrected chi connectivity index (χ0v) is 15.2. The first-order valence-corrected chi connectivity index (χ1v) is 8.13. The number of nitro groups is 1. The molecule has 1 aromatic heterocycles. The van der Waals surface area contributed by atoms with Crippen molar-refractivity contribution in [2.75, 3.05) is 0 Å². The Kier molecular flexibility index (Phi) is 6.10. The van der Waals surface area contributed by atoms with Crippen molar-refractivity contribution in [3.05, 3.63) is 56.6 Å². The summed E-state index contributed by atoms with van der Waals surface area (Å²) in [5.41, 5.74) is 0.654. The summed E-state index contributed by atoms with van der Waals surface area (Å²) in [5, 5.41) is 15.6. The number of nitro benzene ring substituents is 1. The van der Waals surface area contributed by atoms with E-state index in [0.29, 0.717) is 28.9 Å². The van der Waals surface area contributed by atoms with Gasteiger partial charge in [0.05, 0.1) is 10.6 Å². The van der Waals surface area contributed by atoms with E-state index in [9.17, 15) is 19.3 Å². The summed E-state index contributed by atoms with van der Waals surface area (Å²) in [7, 11) is 0. The minimum atomic E-state index is -0.897. The molecule has 138 valence electrons. The summed E-state index contributed by atoms with van der Waals surface area (Å²) in [6, 6.07) is 2.62. The standard InChI is InChI=1S/C17H17ClFN3O4/c1-10(2)9-21-17(18)13(11(3)20-21)5-7-16(23)26-15-8-12(19)4-6-14(15)22(24)25/h4-8,10H,9H2,1-3H3/b7-5+. The van der Waals surface area contributed by atoms with Gasteiger partial charge in [-0.1, -0.05) is 25.4 Å². The predicted octanol–water partition coefficient (Wildman–Crippen LogP) is 4.17. The second-order valence-electron chi connectivity index (χ2n) is 5.99. The Morgan fingerprint density at radius 3 is 2.81 bits per heavy atom. The summed E-state index contributed by atoms with van der Waals surface area (Å²) >= 11 is 6.26. The lowest BCUT2D eigenvalue weighted by molar-refractivity contribution is -0.385. The van der Waals surface area contributed by atoms with Gasteiger partial charge in [0.15, 0.2) is 0 Å². The van der Waals surface area contributed by atoms with E-state index in [1.807, 2.05) is 13.8 Å². The van der Waals surface area contributed by atoms with E-state index < -0.39 is 28.1 Å². The Labute approximate surface area is 154 Å². The van der Waals surface area contributed by atoms with Crippen LogP contribution in [0.4, 0.5) is 10.1 Å². The first-order chi connectivity index (χ1) is 12.2. The third-order valence-electron chi connectivity index (χ3n) is 3.36. The number of rotatable bonds is 6. The van der Waals surface area contributed by atoms with Gasteiger partial charge in [0.25, 0.3) is 0 Å². The smallest absolute Gasteiger partial charge is 0.336 e. The molecule has 0 N–H and O–H groups in total. The predicted molar refractivity (Wildman–Crippen MR) is 94.5 cm³/mol. The third-order valence-corrected chi connectivity index (χ3v) is 3.76. The molecule has 0 saturated heterocycles. The highest BCUT2D eigenvalue weighted by Gasteiger charge is 2.18. The molecule has 0 radical (unpaired) electrons. The van der Waals surface area contributed by atoms with E-state index in [-0.39, 0.29) is 0 Å². The molecule has 1 heterocycles. The molecule has 0 bridgehead atoms. The molecule has 0 aliphatic carbocycles. The molecule has 26 heavy (non-hydrogen) atoms. The Balaban J connectivity index is 2.20. The fraction of sp³-hybridized carbons (Fsp3) is 0.294. The Morgan fingerprint density at radius 2 is 2.19 bits per heavy atom. The van der Waals surface area contributed by atoms with Gasteiger partial charge in [0, 0.05) is 30.3 Å². The minimum absolute atomic E-state index is 0.335. The number of benzene rings is 1. The number of aromatic nitrogens is 2. The van der Waals surface area contributed by atoms with Gasteiger partial charge in [-0.25, -0.2) is 9.18 Å².